The zero-order valence-electron chi connectivity index (χ0n) is 22.9. The summed E-state index contributed by atoms with van der Waals surface area (Å²) in [5.74, 6) is -4.13. The van der Waals surface area contributed by atoms with Gasteiger partial charge in [-0.1, -0.05) is 5.16 Å². The van der Waals surface area contributed by atoms with Gasteiger partial charge >= 0.3 is 12.1 Å². The summed E-state index contributed by atoms with van der Waals surface area (Å²) in [6.45, 7) is 2.85. The van der Waals surface area contributed by atoms with Gasteiger partial charge in [0, 0.05) is 24.2 Å². The number of aromatic nitrogens is 3. The van der Waals surface area contributed by atoms with Crippen molar-refractivity contribution in [3.05, 3.63) is 48.0 Å². The Labute approximate surface area is 240 Å². The van der Waals surface area contributed by atoms with Crippen LogP contribution in [0.5, 0.6) is 5.88 Å². The molecule has 11 nitrogen and oxygen atoms in total. The topological polar surface area (TPSA) is 155 Å². The number of ether oxygens (including phenoxy) is 2. The molecule has 1 aliphatic rings. The SMILES string of the molecule is CN=[S@@]1(=O)C(OC(=O)C(F)(F)F)[C@@](C)(c2cc(-c3cc(-c4cnc(OCC(F)F)cn4)no3)ccc2F)N=C(N)C1(C)C. The summed E-state index contributed by atoms with van der Waals surface area (Å²) < 4.78 is 111. The summed E-state index contributed by atoms with van der Waals surface area (Å²) in [5, 5.41) is 3.86. The maximum absolute atomic E-state index is 15.4. The van der Waals surface area contributed by atoms with E-state index in [1.807, 2.05) is 0 Å². The lowest BCUT2D eigenvalue weighted by atomic mass is 9.90. The van der Waals surface area contributed by atoms with E-state index in [0.29, 0.717) is 0 Å². The first kappa shape index (κ1) is 31.7. The molecule has 0 aliphatic carbocycles. The predicted molar refractivity (Wildman–Crippen MR) is 140 cm³/mol. The molecule has 2 aromatic heterocycles. The Morgan fingerprint density at radius 3 is 2.44 bits per heavy atom. The van der Waals surface area contributed by atoms with Gasteiger partial charge in [0.1, 0.15) is 43.1 Å². The summed E-state index contributed by atoms with van der Waals surface area (Å²) in [5.41, 5.74) is 1.62. The number of carbonyl (C=O) groups is 1. The lowest BCUT2D eigenvalue weighted by Gasteiger charge is -2.45. The van der Waals surface area contributed by atoms with Crippen LogP contribution >= 0.6 is 0 Å². The summed E-state index contributed by atoms with van der Waals surface area (Å²) in [7, 11) is -2.93. The third kappa shape index (κ3) is 5.74. The van der Waals surface area contributed by atoms with Crippen LogP contribution in [0.3, 0.4) is 0 Å². The molecule has 0 bridgehead atoms. The van der Waals surface area contributed by atoms with Gasteiger partial charge in [-0.25, -0.2) is 36.5 Å². The van der Waals surface area contributed by atoms with Crippen molar-refractivity contribution in [3.8, 4) is 28.6 Å². The molecule has 0 amide bonds. The van der Waals surface area contributed by atoms with Crippen LogP contribution in [0, 0.1) is 5.82 Å². The standard InChI is InChI=1S/C25H24F6N6O5S/c1-23(2)20(32)36-24(3,22(43(23,39)33-4)41-21(38)25(29,30)31)13-7-12(5-6-14(13)26)17-8-15(37-42-17)16-9-35-19(10-34-16)40-11-18(27)28/h5-10,18,22H,11H2,1-4H3,(H2,32,36)/t22?,24-,43-/m1/s1. The summed E-state index contributed by atoms with van der Waals surface area (Å²) in [6, 6.07) is 4.73. The van der Waals surface area contributed by atoms with Gasteiger partial charge in [0.25, 0.3) is 6.43 Å². The third-order valence-electron chi connectivity index (χ3n) is 6.72. The molecule has 3 heterocycles. The first-order valence-corrected chi connectivity index (χ1v) is 13.8. The van der Waals surface area contributed by atoms with Gasteiger partial charge in [-0.05, 0) is 39.0 Å². The Kier molecular flexibility index (Phi) is 8.20. The fraction of sp³-hybridized carbons (Fsp3) is 0.400. The Balaban J connectivity index is 1.78. The molecule has 4 rings (SSSR count). The van der Waals surface area contributed by atoms with Crippen molar-refractivity contribution in [2.45, 2.75) is 49.1 Å². The molecule has 0 fully saturated rings. The molecule has 3 aromatic rings. The molecule has 0 saturated heterocycles. The Hall–Kier alpha value is -4.22. The van der Waals surface area contributed by atoms with Crippen LogP contribution < -0.4 is 10.5 Å². The lowest BCUT2D eigenvalue weighted by molar-refractivity contribution is -0.203. The molecule has 1 aliphatic heterocycles. The monoisotopic (exact) mass is 634 g/mol. The van der Waals surface area contributed by atoms with E-state index in [0.717, 1.165) is 32.3 Å². The molecule has 0 radical (unpaired) electrons. The zero-order valence-corrected chi connectivity index (χ0v) is 23.7. The zero-order chi connectivity index (χ0) is 32.0. The molecule has 43 heavy (non-hydrogen) atoms. The van der Waals surface area contributed by atoms with Crippen molar-refractivity contribution < 1.29 is 49.3 Å². The molecular formula is C25H24F6N6O5S. The number of benzene rings is 1. The Morgan fingerprint density at radius 1 is 1.16 bits per heavy atom. The number of aliphatic imine (C=N–C) groups is 1. The largest absolute Gasteiger partial charge is 0.490 e. The van der Waals surface area contributed by atoms with Crippen LogP contribution in [-0.4, -0.2) is 67.6 Å². The van der Waals surface area contributed by atoms with E-state index >= 15 is 4.39 Å². The van der Waals surface area contributed by atoms with E-state index in [1.54, 1.807) is 0 Å². The van der Waals surface area contributed by atoms with E-state index < -0.39 is 62.0 Å². The molecule has 1 unspecified atom stereocenters. The number of rotatable bonds is 7. The molecule has 0 spiro atoms. The number of alkyl halides is 5. The average Bonchev–Trinajstić information content (AvgIpc) is 3.43. The average molecular weight is 635 g/mol. The van der Waals surface area contributed by atoms with Gasteiger partial charge in [0.05, 0.1) is 12.4 Å². The fourth-order valence-electron chi connectivity index (χ4n) is 4.29. The number of esters is 1. The van der Waals surface area contributed by atoms with E-state index in [2.05, 4.69) is 24.5 Å². The first-order valence-electron chi connectivity index (χ1n) is 12.2. The highest BCUT2D eigenvalue weighted by molar-refractivity contribution is 7.96. The Bertz CT molecular complexity index is 1680. The van der Waals surface area contributed by atoms with E-state index in [1.165, 1.54) is 32.2 Å². The third-order valence-corrected chi connectivity index (χ3v) is 10.1. The van der Waals surface area contributed by atoms with E-state index in [4.69, 9.17) is 19.7 Å². The van der Waals surface area contributed by atoms with Crippen molar-refractivity contribution in [1.82, 2.24) is 15.1 Å². The number of amidine groups is 1. The number of nitrogens with two attached hydrogens (primary N) is 1. The highest BCUT2D eigenvalue weighted by Crippen LogP contribution is 2.46. The predicted octanol–water partition coefficient (Wildman–Crippen LogP) is 4.48. The number of hydrogen-bond acceptors (Lipinski definition) is 11. The molecule has 232 valence electrons. The highest BCUT2D eigenvalue weighted by Gasteiger charge is 2.59. The Morgan fingerprint density at radius 2 is 1.86 bits per heavy atom. The van der Waals surface area contributed by atoms with Gasteiger partial charge in [-0.3, -0.25) is 4.99 Å². The van der Waals surface area contributed by atoms with Crippen molar-refractivity contribution in [1.29, 1.82) is 0 Å². The second-order valence-electron chi connectivity index (χ2n) is 9.85. The van der Waals surface area contributed by atoms with Crippen LogP contribution in [0.1, 0.15) is 26.3 Å². The lowest BCUT2D eigenvalue weighted by Crippen LogP contribution is -2.61. The number of hydrogen-bond donors (Lipinski definition) is 1. The van der Waals surface area contributed by atoms with Crippen molar-refractivity contribution in [2.75, 3.05) is 13.7 Å². The van der Waals surface area contributed by atoms with Crippen molar-refractivity contribution >= 4 is 21.5 Å². The second-order valence-corrected chi connectivity index (χ2v) is 12.8. The van der Waals surface area contributed by atoms with E-state index in [-0.39, 0.29) is 34.4 Å². The molecular weight excluding hydrogens is 610 g/mol. The molecule has 3 atom stereocenters. The highest BCUT2D eigenvalue weighted by atomic mass is 32.2. The van der Waals surface area contributed by atoms with Crippen LogP contribution in [0.2, 0.25) is 0 Å². The second kappa shape index (κ2) is 11.1. The summed E-state index contributed by atoms with van der Waals surface area (Å²) >= 11 is 0. The number of carbonyl (C=O) groups excluding carboxylic acids is 1. The van der Waals surface area contributed by atoms with Crippen LogP contribution in [-0.2, 0) is 24.8 Å². The minimum atomic E-state index is -5.47. The van der Waals surface area contributed by atoms with Crippen molar-refractivity contribution in [2.24, 2.45) is 15.1 Å². The van der Waals surface area contributed by atoms with Gasteiger partial charge in [-0.15, -0.1) is 0 Å². The fourth-order valence-corrected chi connectivity index (χ4v) is 6.84. The minimum Gasteiger partial charge on any atom is -0.470 e. The van der Waals surface area contributed by atoms with Crippen LogP contribution in [0.25, 0.3) is 22.7 Å². The van der Waals surface area contributed by atoms with Crippen LogP contribution in [0.15, 0.2) is 50.5 Å². The molecule has 18 heteroatoms. The van der Waals surface area contributed by atoms with Gasteiger partial charge in [-0.2, -0.15) is 13.2 Å². The quantitative estimate of drug-likeness (QED) is 0.293. The number of nitrogens with zero attached hydrogens (tertiary/aromatic N) is 5. The normalized spacial score (nSPS) is 23.5. The van der Waals surface area contributed by atoms with Crippen molar-refractivity contribution in [3.63, 3.8) is 0 Å². The summed E-state index contributed by atoms with van der Waals surface area (Å²) in [4.78, 5) is 24.1. The van der Waals surface area contributed by atoms with Crippen LogP contribution in [0.4, 0.5) is 26.3 Å². The van der Waals surface area contributed by atoms with Gasteiger partial charge < -0.3 is 19.7 Å². The maximum atomic E-state index is 15.4. The molecule has 2 N–H and O–H groups in total. The minimum absolute atomic E-state index is 0.0255. The smallest absolute Gasteiger partial charge is 0.470 e. The van der Waals surface area contributed by atoms with Gasteiger partial charge in [0.2, 0.25) is 11.3 Å². The first-order chi connectivity index (χ1) is 19.9. The molecule has 1 aromatic carbocycles. The van der Waals surface area contributed by atoms with Gasteiger partial charge in [0.15, 0.2) is 12.4 Å². The number of halogens is 6. The van der Waals surface area contributed by atoms with E-state index in [9.17, 15) is 31.0 Å². The maximum Gasteiger partial charge on any atom is 0.490 e. The summed E-state index contributed by atoms with van der Waals surface area (Å²) in [6.07, 6.45) is -5.90. The molecule has 0 saturated carbocycles.